The highest BCUT2D eigenvalue weighted by Crippen LogP contribution is 2.00. The first-order valence-corrected chi connectivity index (χ1v) is 3.68. The minimum absolute atomic E-state index is 0.802. The number of hydrogen-bond acceptors (Lipinski definition) is 2. The molecule has 0 aromatic carbocycles. The van der Waals surface area contributed by atoms with Gasteiger partial charge in [-0.2, -0.15) is 9.90 Å². The molecule has 0 fully saturated rings. The Morgan fingerprint density at radius 2 is 2.56 bits per heavy atom. The number of halogens is 1. The minimum atomic E-state index is 0.802. The Kier molecular flexibility index (Phi) is 2.22. The van der Waals surface area contributed by atoms with Crippen molar-refractivity contribution in [1.82, 2.24) is 15.0 Å². The smallest absolute Gasteiger partial charge is 0.148 e. The molecule has 1 aromatic rings. The van der Waals surface area contributed by atoms with Crippen molar-refractivity contribution >= 4 is 15.9 Å². The third-order valence-corrected chi connectivity index (χ3v) is 1.30. The van der Waals surface area contributed by atoms with E-state index < -0.39 is 0 Å². The van der Waals surface area contributed by atoms with Crippen molar-refractivity contribution in [3.05, 3.63) is 10.8 Å². The number of nitrogens with zero attached hydrogens (tertiary/aromatic N) is 3. The van der Waals surface area contributed by atoms with Gasteiger partial charge in [0, 0.05) is 0 Å². The zero-order chi connectivity index (χ0) is 6.69. The monoisotopic (exact) mass is 189 g/mol. The molecule has 3 nitrogen and oxygen atoms in total. The van der Waals surface area contributed by atoms with E-state index in [0.717, 1.165) is 17.6 Å². The summed E-state index contributed by atoms with van der Waals surface area (Å²) in [5.74, 6) is 0. The maximum Gasteiger partial charge on any atom is 0.148 e. The van der Waals surface area contributed by atoms with Crippen LogP contribution < -0.4 is 0 Å². The molecule has 0 bridgehead atoms. The maximum atomic E-state index is 4.02. The Morgan fingerprint density at radius 3 is 3.00 bits per heavy atom. The average molecular weight is 190 g/mol. The van der Waals surface area contributed by atoms with Crippen LogP contribution in [0.2, 0.25) is 0 Å². The van der Waals surface area contributed by atoms with Gasteiger partial charge >= 0.3 is 0 Å². The van der Waals surface area contributed by atoms with Crippen LogP contribution >= 0.6 is 15.9 Å². The molecule has 9 heavy (non-hydrogen) atoms. The summed E-state index contributed by atoms with van der Waals surface area (Å²) in [6.07, 6.45) is 2.76. The van der Waals surface area contributed by atoms with Gasteiger partial charge in [0.05, 0.1) is 12.7 Å². The number of hydrogen-bond donors (Lipinski definition) is 0. The van der Waals surface area contributed by atoms with Gasteiger partial charge in [0.1, 0.15) is 4.60 Å². The highest BCUT2D eigenvalue weighted by molar-refractivity contribution is 9.10. The van der Waals surface area contributed by atoms with E-state index in [4.69, 9.17) is 0 Å². The van der Waals surface area contributed by atoms with Crippen LogP contribution in [0.5, 0.6) is 0 Å². The fraction of sp³-hybridized carbons (Fsp3) is 0.600. The molecule has 0 N–H and O–H groups in total. The third-order valence-electron chi connectivity index (χ3n) is 0.932. The summed E-state index contributed by atoms with van der Waals surface area (Å²) in [6.45, 7) is 2.99. The molecule has 0 atom stereocenters. The lowest BCUT2D eigenvalue weighted by atomic mass is 10.5. The Hall–Kier alpha value is -0.380. The molecule has 0 saturated heterocycles. The van der Waals surface area contributed by atoms with Gasteiger partial charge in [-0.1, -0.05) is 6.92 Å². The van der Waals surface area contributed by atoms with Crippen LogP contribution in [0.1, 0.15) is 13.3 Å². The molecular weight excluding hydrogens is 182 g/mol. The lowest BCUT2D eigenvalue weighted by molar-refractivity contribution is 0.526. The van der Waals surface area contributed by atoms with Crippen LogP contribution in [0.25, 0.3) is 0 Å². The van der Waals surface area contributed by atoms with Crippen LogP contribution in [0.15, 0.2) is 10.8 Å². The van der Waals surface area contributed by atoms with Gasteiger partial charge in [-0.3, -0.25) is 0 Å². The first-order valence-electron chi connectivity index (χ1n) is 2.88. The molecule has 0 radical (unpaired) electrons. The van der Waals surface area contributed by atoms with Gasteiger partial charge in [-0.25, -0.2) is 0 Å². The molecule has 1 heterocycles. The van der Waals surface area contributed by atoms with Crippen LogP contribution in [-0.2, 0) is 6.54 Å². The molecule has 0 unspecified atom stereocenters. The van der Waals surface area contributed by atoms with E-state index in [9.17, 15) is 0 Å². The largest absolute Gasteiger partial charge is 0.184 e. The summed E-state index contributed by atoms with van der Waals surface area (Å²) in [5, 5.41) is 7.99. The quantitative estimate of drug-likeness (QED) is 0.706. The summed E-state index contributed by atoms with van der Waals surface area (Å²) >= 11 is 3.21. The highest BCUT2D eigenvalue weighted by atomic mass is 79.9. The Morgan fingerprint density at radius 1 is 1.78 bits per heavy atom. The normalized spacial score (nSPS) is 10.0. The molecule has 50 valence electrons. The fourth-order valence-corrected chi connectivity index (χ4v) is 0.859. The molecule has 0 spiro atoms. The molecular formula is C5H8BrN3. The zero-order valence-corrected chi connectivity index (χ0v) is 6.80. The standard InChI is InChI=1S/C5H8BrN3/c1-2-3-9-7-4-5(6)8-9/h4H,2-3H2,1H3. The molecule has 0 saturated carbocycles. The Balaban J connectivity index is 2.61. The number of aromatic nitrogens is 3. The van der Waals surface area contributed by atoms with E-state index >= 15 is 0 Å². The van der Waals surface area contributed by atoms with Gasteiger partial charge in [-0.05, 0) is 22.4 Å². The fourth-order valence-electron chi connectivity index (χ4n) is 0.584. The summed E-state index contributed by atoms with van der Waals surface area (Å²) in [7, 11) is 0. The average Bonchev–Trinajstić information content (AvgIpc) is 2.17. The van der Waals surface area contributed by atoms with E-state index in [1.165, 1.54) is 0 Å². The summed E-state index contributed by atoms with van der Waals surface area (Å²) in [6, 6.07) is 0. The lowest BCUT2D eigenvalue weighted by Crippen LogP contribution is -2.00. The third kappa shape index (κ3) is 1.78. The molecule has 1 rings (SSSR count). The maximum absolute atomic E-state index is 4.02. The number of aryl methyl sites for hydroxylation is 1. The first-order chi connectivity index (χ1) is 4.33. The van der Waals surface area contributed by atoms with Crippen molar-refractivity contribution in [2.24, 2.45) is 0 Å². The van der Waals surface area contributed by atoms with Crippen molar-refractivity contribution in [2.75, 3.05) is 0 Å². The zero-order valence-electron chi connectivity index (χ0n) is 5.21. The van der Waals surface area contributed by atoms with Crippen LogP contribution in [-0.4, -0.2) is 15.0 Å². The molecule has 1 aromatic heterocycles. The highest BCUT2D eigenvalue weighted by Gasteiger charge is 1.92. The van der Waals surface area contributed by atoms with E-state index in [0.29, 0.717) is 0 Å². The predicted molar refractivity (Wildman–Crippen MR) is 38.0 cm³/mol. The van der Waals surface area contributed by atoms with Gasteiger partial charge in [-0.15, -0.1) is 5.10 Å². The van der Waals surface area contributed by atoms with E-state index in [1.54, 1.807) is 11.0 Å². The summed E-state index contributed by atoms with van der Waals surface area (Å²) in [4.78, 5) is 1.67. The van der Waals surface area contributed by atoms with Gasteiger partial charge in [0.2, 0.25) is 0 Å². The van der Waals surface area contributed by atoms with Crippen molar-refractivity contribution < 1.29 is 0 Å². The van der Waals surface area contributed by atoms with Gasteiger partial charge in [0.25, 0.3) is 0 Å². The summed E-state index contributed by atoms with van der Waals surface area (Å²) in [5.41, 5.74) is 0. The predicted octanol–water partition coefficient (Wildman–Crippen LogP) is 1.45. The molecule has 0 aliphatic rings. The summed E-state index contributed by atoms with van der Waals surface area (Å²) < 4.78 is 0.802. The van der Waals surface area contributed by atoms with E-state index in [2.05, 4.69) is 33.1 Å². The topological polar surface area (TPSA) is 30.7 Å². The van der Waals surface area contributed by atoms with Crippen molar-refractivity contribution in [3.63, 3.8) is 0 Å². The molecule has 0 aliphatic heterocycles. The van der Waals surface area contributed by atoms with Gasteiger partial charge in [0.15, 0.2) is 0 Å². The van der Waals surface area contributed by atoms with Crippen molar-refractivity contribution in [3.8, 4) is 0 Å². The first kappa shape index (κ1) is 6.74. The minimum Gasteiger partial charge on any atom is -0.184 e. The molecule has 0 amide bonds. The van der Waals surface area contributed by atoms with E-state index in [1.807, 2.05) is 0 Å². The van der Waals surface area contributed by atoms with E-state index in [-0.39, 0.29) is 0 Å². The van der Waals surface area contributed by atoms with Crippen molar-refractivity contribution in [2.45, 2.75) is 19.9 Å². The SMILES string of the molecule is CCCn1ncc(Br)n1. The van der Waals surface area contributed by atoms with Crippen LogP contribution in [0.4, 0.5) is 0 Å². The second-order valence-corrected chi connectivity index (χ2v) is 2.58. The second kappa shape index (κ2) is 2.96. The van der Waals surface area contributed by atoms with Crippen molar-refractivity contribution in [1.29, 1.82) is 0 Å². The van der Waals surface area contributed by atoms with Crippen LogP contribution in [0, 0.1) is 0 Å². The second-order valence-electron chi connectivity index (χ2n) is 1.76. The number of rotatable bonds is 2. The van der Waals surface area contributed by atoms with Crippen LogP contribution in [0.3, 0.4) is 0 Å². The molecule has 0 aliphatic carbocycles. The Bertz CT molecular complexity index is 184. The van der Waals surface area contributed by atoms with Gasteiger partial charge < -0.3 is 0 Å². The molecule has 4 heteroatoms. The Labute approximate surface area is 62.2 Å². The lowest BCUT2D eigenvalue weighted by Gasteiger charge is -1.91.